The maximum absolute atomic E-state index is 12.4. The van der Waals surface area contributed by atoms with Gasteiger partial charge in [-0.2, -0.15) is 0 Å². The van der Waals surface area contributed by atoms with Crippen molar-refractivity contribution in [3.05, 3.63) is 23.2 Å². The third kappa shape index (κ3) is 5.29. The minimum absolute atomic E-state index is 0.138. The van der Waals surface area contributed by atoms with Crippen LogP contribution in [0.5, 0.6) is 5.75 Å². The summed E-state index contributed by atoms with van der Waals surface area (Å²) < 4.78 is 5.54. The first-order valence-corrected chi connectivity index (χ1v) is 8.50. The van der Waals surface area contributed by atoms with Crippen LogP contribution in [-0.4, -0.2) is 56.2 Å². The fourth-order valence-corrected chi connectivity index (χ4v) is 3.16. The third-order valence-corrected chi connectivity index (χ3v) is 4.32. The molecule has 1 aromatic carbocycles. The Morgan fingerprint density at radius 1 is 1.52 bits per heavy atom. The van der Waals surface area contributed by atoms with Crippen LogP contribution in [0.1, 0.15) is 19.8 Å². The first-order valence-electron chi connectivity index (χ1n) is 8.12. The molecule has 0 aromatic heterocycles. The lowest BCUT2D eigenvalue weighted by Gasteiger charge is -2.32. The van der Waals surface area contributed by atoms with Gasteiger partial charge >= 0.3 is 6.03 Å². The number of nitrogens with zero attached hydrogens (tertiary/aromatic N) is 2. The van der Waals surface area contributed by atoms with E-state index in [-0.39, 0.29) is 6.03 Å². The van der Waals surface area contributed by atoms with Gasteiger partial charge in [-0.05, 0) is 57.5 Å². The highest BCUT2D eigenvalue weighted by molar-refractivity contribution is 6.31. The summed E-state index contributed by atoms with van der Waals surface area (Å²) in [5.41, 5.74) is 0.608. The summed E-state index contributed by atoms with van der Waals surface area (Å²) in [6, 6.07) is 5.11. The van der Waals surface area contributed by atoms with Crippen molar-refractivity contribution >= 4 is 23.3 Å². The molecule has 1 atom stereocenters. The van der Waals surface area contributed by atoms with Crippen LogP contribution in [-0.2, 0) is 0 Å². The molecule has 0 saturated carbocycles. The minimum atomic E-state index is -0.138. The molecule has 0 radical (unpaired) electrons. The molecule has 128 valence electrons. The van der Waals surface area contributed by atoms with E-state index in [9.17, 15) is 4.79 Å². The van der Waals surface area contributed by atoms with Crippen molar-refractivity contribution in [2.75, 3.05) is 45.7 Å². The lowest BCUT2D eigenvalue weighted by atomic mass is 9.98. The number of piperidine rings is 1. The van der Waals surface area contributed by atoms with Gasteiger partial charge in [-0.3, -0.25) is 0 Å². The molecule has 2 amide bonds. The molecular weight excluding hydrogens is 314 g/mol. The van der Waals surface area contributed by atoms with E-state index in [1.165, 1.54) is 12.8 Å². The van der Waals surface area contributed by atoms with E-state index in [1.807, 2.05) is 14.0 Å². The zero-order chi connectivity index (χ0) is 16.8. The van der Waals surface area contributed by atoms with Gasteiger partial charge in [0.2, 0.25) is 0 Å². The zero-order valence-electron chi connectivity index (χ0n) is 14.1. The smallest absolute Gasteiger partial charge is 0.321 e. The second kappa shape index (κ2) is 8.41. The van der Waals surface area contributed by atoms with Gasteiger partial charge < -0.3 is 19.9 Å². The molecular formula is C17H26ClN3O2. The largest absolute Gasteiger partial charge is 0.492 e. The molecule has 1 aliphatic heterocycles. The molecule has 1 N–H and O–H groups in total. The van der Waals surface area contributed by atoms with Crippen molar-refractivity contribution in [2.45, 2.75) is 19.8 Å². The molecule has 6 heteroatoms. The standard InChI is InChI=1S/C17H26ClN3O2/c1-4-23-16-8-7-14(18)10-15(16)19-17(22)21(3)12-13-6-5-9-20(2)11-13/h7-8,10,13H,4-6,9,11-12H2,1-3H3,(H,19,22). The molecule has 1 heterocycles. The van der Waals surface area contributed by atoms with E-state index < -0.39 is 0 Å². The number of anilines is 1. The summed E-state index contributed by atoms with van der Waals surface area (Å²) in [7, 11) is 3.96. The Hall–Kier alpha value is -1.46. The van der Waals surface area contributed by atoms with Crippen LogP contribution in [0.2, 0.25) is 5.02 Å². The molecule has 0 spiro atoms. The Kier molecular flexibility index (Phi) is 6.54. The van der Waals surface area contributed by atoms with Gasteiger partial charge in [-0.1, -0.05) is 11.6 Å². The number of hydrogen-bond donors (Lipinski definition) is 1. The van der Waals surface area contributed by atoms with Gasteiger partial charge in [0.25, 0.3) is 0 Å². The fourth-order valence-electron chi connectivity index (χ4n) is 2.98. The van der Waals surface area contributed by atoms with Crippen LogP contribution in [0.3, 0.4) is 0 Å². The number of ether oxygens (including phenoxy) is 1. The molecule has 1 saturated heterocycles. The average molecular weight is 340 g/mol. The van der Waals surface area contributed by atoms with Crippen LogP contribution in [0, 0.1) is 5.92 Å². The lowest BCUT2D eigenvalue weighted by molar-refractivity contribution is 0.170. The number of benzene rings is 1. The number of rotatable bonds is 5. The SMILES string of the molecule is CCOc1ccc(Cl)cc1NC(=O)N(C)CC1CCCN(C)C1. The van der Waals surface area contributed by atoms with Crippen LogP contribution in [0.25, 0.3) is 0 Å². The van der Waals surface area contributed by atoms with E-state index in [2.05, 4.69) is 17.3 Å². The normalized spacial score (nSPS) is 18.5. The number of amides is 2. The number of carbonyl (C=O) groups excluding carboxylic acids is 1. The molecule has 1 aliphatic rings. The third-order valence-electron chi connectivity index (χ3n) is 4.08. The first kappa shape index (κ1) is 17.9. The Morgan fingerprint density at radius 2 is 2.30 bits per heavy atom. The van der Waals surface area contributed by atoms with E-state index in [4.69, 9.17) is 16.3 Å². The summed E-state index contributed by atoms with van der Waals surface area (Å²) in [5, 5.41) is 3.47. The van der Waals surface area contributed by atoms with Gasteiger partial charge in [0.05, 0.1) is 12.3 Å². The van der Waals surface area contributed by atoms with Crippen molar-refractivity contribution in [2.24, 2.45) is 5.92 Å². The summed E-state index contributed by atoms with van der Waals surface area (Å²) >= 11 is 6.03. The summed E-state index contributed by atoms with van der Waals surface area (Å²) in [5.74, 6) is 1.16. The van der Waals surface area contributed by atoms with Gasteiger partial charge in [-0.15, -0.1) is 0 Å². The molecule has 23 heavy (non-hydrogen) atoms. The number of likely N-dealkylation sites (tertiary alicyclic amines) is 1. The summed E-state index contributed by atoms with van der Waals surface area (Å²) in [4.78, 5) is 16.5. The van der Waals surface area contributed by atoms with Crippen LogP contribution in [0.4, 0.5) is 10.5 Å². The van der Waals surface area contributed by atoms with Crippen molar-refractivity contribution in [3.8, 4) is 5.75 Å². The topological polar surface area (TPSA) is 44.8 Å². The number of nitrogens with one attached hydrogen (secondary N) is 1. The second-order valence-corrected chi connectivity index (χ2v) is 6.59. The van der Waals surface area contributed by atoms with Crippen molar-refractivity contribution < 1.29 is 9.53 Å². The molecule has 1 unspecified atom stereocenters. The number of halogens is 1. The molecule has 5 nitrogen and oxygen atoms in total. The van der Waals surface area contributed by atoms with E-state index in [1.54, 1.807) is 23.1 Å². The highest BCUT2D eigenvalue weighted by atomic mass is 35.5. The monoisotopic (exact) mass is 339 g/mol. The van der Waals surface area contributed by atoms with Crippen LogP contribution in [0.15, 0.2) is 18.2 Å². The lowest BCUT2D eigenvalue weighted by Crippen LogP contribution is -2.41. The highest BCUT2D eigenvalue weighted by Crippen LogP contribution is 2.28. The highest BCUT2D eigenvalue weighted by Gasteiger charge is 2.21. The van der Waals surface area contributed by atoms with Gasteiger partial charge in [0.15, 0.2) is 0 Å². The van der Waals surface area contributed by atoms with Crippen molar-refractivity contribution in [1.29, 1.82) is 0 Å². The van der Waals surface area contributed by atoms with Crippen molar-refractivity contribution in [1.82, 2.24) is 9.80 Å². The molecule has 1 fully saturated rings. The molecule has 0 aliphatic carbocycles. The van der Waals surface area contributed by atoms with Gasteiger partial charge in [0.1, 0.15) is 5.75 Å². The minimum Gasteiger partial charge on any atom is -0.492 e. The first-order chi connectivity index (χ1) is 11.0. The predicted octanol–water partition coefficient (Wildman–Crippen LogP) is 3.54. The summed E-state index contributed by atoms with van der Waals surface area (Å²) in [6.45, 7) is 5.38. The molecule has 1 aromatic rings. The predicted molar refractivity (Wildman–Crippen MR) is 94.5 cm³/mol. The van der Waals surface area contributed by atoms with Crippen LogP contribution >= 0.6 is 11.6 Å². The Morgan fingerprint density at radius 3 is 3.00 bits per heavy atom. The fraction of sp³-hybridized carbons (Fsp3) is 0.588. The average Bonchev–Trinajstić information content (AvgIpc) is 2.50. The maximum Gasteiger partial charge on any atom is 0.321 e. The number of carbonyl (C=O) groups is 1. The molecule has 0 bridgehead atoms. The van der Waals surface area contributed by atoms with E-state index in [0.29, 0.717) is 29.0 Å². The number of urea groups is 1. The Balaban J connectivity index is 1.96. The van der Waals surface area contributed by atoms with Crippen molar-refractivity contribution in [3.63, 3.8) is 0 Å². The molecule has 2 rings (SSSR count). The number of hydrogen-bond acceptors (Lipinski definition) is 3. The second-order valence-electron chi connectivity index (χ2n) is 6.15. The maximum atomic E-state index is 12.4. The Bertz CT molecular complexity index is 539. The van der Waals surface area contributed by atoms with Gasteiger partial charge in [0, 0.05) is 25.2 Å². The van der Waals surface area contributed by atoms with E-state index >= 15 is 0 Å². The van der Waals surface area contributed by atoms with Gasteiger partial charge in [-0.25, -0.2) is 4.79 Å². The Labute approximate surface area is 143 Å². The van der Waals surface area contributed by atoms with Crippen LogP contribution < -0.4 is 10.1 Å². The van der Waals surface area contributed by atoms with E-state index in [0.717, 1.165) is 19.6 Å². The summed E-state index contributed by atoms with van der Waals surface area (Å²) in [6.07, 6.45) is 2.36. The quantitative estimate of drug-likeness (QED) is 0.892. The zero-order valence-corrected chi connectivity index (χ0v) is 14.9.